The van der Waals surface area contributed by atoms with Crippen LogP contribution in [-0.4, -0.2) is 29.6 Å². The van der Waals surface area contributed by atoms with Crippen molar-refractivity contribution in [2.75, 3.05) is 0 Å². The summed E-state index contributed by atoms with van der Waals surface area (Å²) in [6.07, 6.45) is 14.9. The van der Waals surface area contributed by atoms with Gasteiger partial charge in [0.25, 0.3) is 0 Å². The van der Waals surface area contributed by atoms with E-state index < -0.39 is 6.23 Å². The predicted molar refractivity (Wildman–Crippen MR) is 130 cm³/mol. The Kier molecular flexibility index (Phi) is 6.63. The summed E-state index contributed by atoms with van der Waals surface area (Å²) in [6.45, 7) is 9.00. The molecule has 0 bridgehead atoms. The monoisotopic (exact) mass is 444 g/mol. The predicted octanol–water partition coefficient (Wildman–Crippen LogP) is 4.57. The Labute approximate surface area is 193 Å². The average Bonchev–Trinajstić information content (AvgIpc) is 3.04. The van der Waals surface area contributed by atoms with Gasteiger partial charge in [0.1, 0.15) is 0 Å². The third-order valence-corrected chi connectivity index (χ3v) is 9.98. The molecule has 6 nitrogen and oxygen atoms in total. The Balaban J connectivity index is 1.44. The lowest BCUT2D eigenvalue weighted by molar-refractivity contribution is -0.124. The van der Waals surface area contributed by atoms with Crippen molar-refractivity contribution in [1.82, 2.24) is 0 Å². The van der Waals surface area contributed by atoms with Gasteiger partial charge in [-0.3, -0.25) is 0 Å². The quantitative estimate of drug-likeness (QED) is 0.328. The van der Waals surface area contributed by atoms with Crippen molar-refractivity contribution >= 4 is 12.2 Å². The number of aliphatic hydroxyl groups is 1. The zero-order valence-electron chi connectivity index (χ0n) is 20.5. The van der Waals surface area contributed by atoms with Gasteiger partial charge in [-0.15, -0.1) is 0 Å². The van der Waals surface area contributed by atoms with Crippen LogP contribution in [0.15, 0.2) is 21.8 Å². The molecule has 4 saturated carbocycles. The van der Waals surface area contributed by atoms with Crippen LogP contribution < -0.4 is 11.5 Å². The zero-order valence-corrected chi connectivity index (χ0v) is 20.5. The lowest BCUT2D eigenvalue weighted by Gasteiger charge is -2.61. The minimum absolute atomic E-state index is 0.00721. The Hall–Kier alpha value is -1.56. The molecule has 0 heterocycles. The molecule has 1 unspecified atom stereocenters. The second-order valence-corrected chi connectivity index (χ2v) is 11.7. The van der Waals surface area contributed by atoms with Crippen LogP contribution in [0.4, 0.5) is 0 Å². The van der Waals surface area contributed by atoms with E-state index in [-0.39, 0.29) is 12.1 Å². The molecule has 5 N–H and O–H groups in total. The van der Waals surface area contributed by atoms with Gasteiger partial charge in [-0.25, -0.2) is 4.99 Å². The van der Waals surface area contributed by atoms with Gasteiger partial charge in [0.15, 0.2) is 5.96 Å². The summed E-state index contributed by atoms with van der Waals surface area (Å²) in [6, 6.07) is 0. The lowest BCUT2D eigenvalue weighted by atomic mass is 9.44. The van der Waals surface area contributed by atoms with Crippen LogP contribution >= 0.6 is 0 Å². The molecule has 0 aromatic carbocycles. The molecule has 180 valence electrons. The van der Waals surface area contributed by atoms with E-state index in [4.69, 9.17) is 16.3 Å². The fraction of sp³-hybridized carbons (Fsp3) is 0.846. The highest BCUT2D eigenvalue weighted by Gasteiger charge is 2.59. The number of aliphatic hydroxyl groups excluding tert-OH is 1. The van der Waals surface area contributed by atoms with E-state index >= 15 is 0 Å². The molecule has 0 aromatic rings. The number of oxime groups is 1. The van der Waals surface area contributed by atoms with E-state index in [1.807, 2.05) is 0 Å². The molecule has 32 heavy (non-hydrogen) atoms. The van der Waals surface area contributed by atoms with Crippen LogP contribution in [0.25, 0.3) is 0 Å². The molecular weight excluding hydrogens is 400 g/mol. The first-order valence-electron chi connectivity index (χ1n) is 12.8. The largest absolute Gasteiger partial charge is 0.393 e. The molecule has 4 aliphatic carbocycles. The van der Waals surface area contributed by atoms with Crippen molar-refractivity contribution in [3.8, 4) is 0 Å². The number of rotatable bonds is 5. The maximum Gasteiger partial charge on any atom is 0.217 e. The first kappa shape index (κ1) is 23.6. The highest BCUT2D eigenvalue weighted by molar-refractivity contribution is 5.77. The first-order chi connectivity index (χ1) is 15.1. The Morgan fingerprint density at radius 1 is 1.03 bits per heavy atom. The maximum atomic E-state index is 10.3. The van der Waals surface area contributed by atoms with E-state index in [2.05, 4.69) is 37.0 Å². The average molecular weight is 445 g/mol. The van der Waals surface area contributed by atoms with Gasteiger partial charge in [0.05, 0.1) is 12.3 Å². The third-order valence-electron chi connectivity index (χ3n) is 9.98. The van der Waals surface area contributed by atoms with Crippen LogP contribution in [0.3, 0.4) is 0 Å². The number of aliphatic imine (C=N–C) groups is 1. The van der Waals surface area contributed by atoms with Crippen LogP contribution in [0.1, 0.15) is 85.5 Å². The number of fused-ring (bicyclic) bond motifs is 5. The number of nitrogens with two attached hydrogens (primary N) is 2. The fourth-order valence-corrected chi connectivity index (χ4v) is 8.35. The van der Waals surface area contributed by atoms with Gasteiger partial charge >= 0.3 is 0 Å². The van der Waals surface area contributed by atoms with Gasteiger partial charge in [-0.1, -0.05) is 25.1 Å². The molecule has 0 saturated heterocycles. The second kappa shape index (κ2) is 9.00. The SMILES string of the molecule is CC(/C=N/OC(C)N=C(N)N)=C\[C@H]1CC[C@H]2[C@@H]3CC[C@@H]4C[C@@H](O)CC[C@]4(C)[C@H]3CC[C@]12C. The molecule has 0 spiro atoms. The maximum absolute atomic E-state index is 10.3. The minimum atomic E-state index is -0.481. The highest BCUT2D eigenvalue weighted by atomic mass is 16.6. The van der Waals surface area contributed by atoms with Crippen LogP contribution in [0, 0.1) is 40.4 Å². The van der Waals surface area contributed by atoms with Crippen molar-refractivity contribution in [2.24, 2.45) is 62.0 Å². The standard InChI is InChI=1S/C26H44N4O2/c1-16(15-29-32-17(2)30-24(27)28)13-18-6-8-22-21-7-5-19-14-20(31)9-11-25(19,3)23(21)10-12-26(18,22)4/h13,15,17-23,31H,5-12,14H2,1-4H3,(H4,27,28,30)/b16-13+,29-15+/t17?,18-,19-,20+,21+,22+,23+,25+,26-/m1/s1. The first-order valence-corrected chi connectivity index (χ1v) is 12.8. The molecular formula is C26H44N4O2. The smallest absolute Gasteiger partial charge is 0.217 e. The van der Waals surface area contributed by atoms with Crippen molar-refractivity contribution in [3.63, 3.8) is 0 Å². The lowest BCUT2D eigenvalue weighted by Crippen LogP contribution is -2.53. The minimum Gasteiger partial charge on any atom is -0.393 e. The summed E-state index contributed by atoms with van der Waals surface area (Å²) in [5, 5.41) is 14.3. The van der Waals surface area contributed by atoms with E-state index in [9.17, 15) is 5.11 Å². The van der Waals surface area contributed by atoms with Gasteiger partial charge in [0, 0.05) is 0 Å². The topological polar surface area (TPSA) is 106 Å². The molecule has 0 amide bonds. The van der Waals surface area contributed by atoms with Gasteiger partial charge in [0.2, 0.25) is 6.23 Å². The number of hydrogen-bond acceptors (Lipinski definition) is 4. The normalized spacial score (nSPS) is 45.0. The summed E-state index contributed by atoms with van der Waals surface area (Å²) in [7, 11) is 0. The number of allylic oxidation sites excluding steroid dienone is 2. The van der Waals surface area contributed by atoms with Gasteiger partial charge < -0.3 is 21.4 Å². The number of guanidine groups is 1. The van der Waals surface area contributed by atoms with E-state index in [0.29, 0.717) is 16.7 Å². The molecule has 9 atom stereocenters. The molecule has 0 radical (unpaired) electrons. The van der Waals surface area contributed by atoms with Gasteiger partial charge in [-0.2, -0.15) is 0 Å². The summed E-state index contributed by atoms with van der Waals surface area (Å²) in [5.74, 6) is 3.88. The van der Waals surface area contributed by atoms with Crippen molar-refractivity contribution < 1.29 is 9.94 Å². The summed E-state index contributed by atoms with van der Waals surface area (Å²) < 4.78 is 0. The van der Waals surface area contributed by atoms with E-state index in [1.54, 1.807) is 13.1 Å². The third kappa shape index (κ3) is 4.32. The van der Waals surface area contributed by atoms with Gasteiger partial charge in [-0.05, 0) is 118 Å². The van der Waals surface area contributed by atoms with Crippen LogP contribution in [0.5, 0.6) is 0 Å². The van der Waals surface area contributed by atoms with E-state index in [1.165, 1.54) is 44.9 Å². The van der Waals surface area contributed by atoms with Crippen LogP contribution in [-0.2, 0) is 4.84 Å². The van der Waals surface area contributed by atoms with E-state index in [0.717, 1.165) is 42.1 Å². The van der Waals surface area contributed by atoms with Crippen molar-refractivity contribution in [2.45, 2.75) is 97.8 Å². The van der Waals surface area contributed by atoms with Crippen molar-refractivity contribution in [1.29, 1.82) is 0 Å². The molecule has 4 rings (SSSR count). The summed E-state index contributed by atoms with van der Waals surface area (Å²) in [4.78, 5) is 9.24. The highest BCUT2D eigenvalue weighted by Crippen LogP contribution is 2.67. The molecule has 4 fully saturated rings. The van der Waals surface area contributed by atoms with Crippen LogP contribution in [0.2, 0.25) is 0 Å². The number of nitrogens with zero attached hydrogens (tertiary/aromatic N) is 2. The summed E-state index contributed by atoms with van der Waals surface area (Å²) in [5.41, 5.74) is 12.7. The zero-order chi connectivity index (χ0) is 23.1. The molecule has 0 aromatic heterocycles. The van der Waals surface area contributed by atoms with Crippen molar-refractivity contribution in [3.05, 3.63) is 11.6 Å². The Morgan fingerprint density at radius 2 is 1.75 bits per heavy atom. The fourth-order valence-electron chi connectivity index (χ4n) is 8.35. The Morgan fingerprint density at radius 3 is 2.50 bits per heavy atom. The number of hydrogen-bond donors (Lipinski definition) is 3. The molecule has 0 aliphatic heterocycles. The second-order valence-electron chi connectivity index (χ2n) is 11.7. The molecule has 4 aliphatic rings. The Bertz CT molecular complexity index is 776. The summed E-state index contributed by atoms with van der Waals surface area (Å²) >= 11 is 0. The molecule has 6 heteroatoms.